The minimum Gasteiger partial charge on any atom is -0.474 e. The fourth-order valence-electron chi connectivity index (χ4n) is 1.27. The van der Waals surface area contributed by atoms with E-state index in [1.807, 2.05) is 32.0 Å². The second-order valence-corrected chi connectivity index (χ2v) is 4.35. The van der Waals surface area contributed by atoms with Crippen LogP contribution in [0.4, 0.5) is 0 Å². The van der Waals surface area contributed by atoms with Gasteiger partial charge in [0, 0.05) is 11.6 Å². The summed E-state index contributed by atoms with van der Waals surface area (Å²) < 4.78 is 6.41. The zero-order chi connectivity index (χ0) is 10.8. The average molecular weight is 267 g/mol. The third kappa shape index (κ3) is 2.26. The molecule has 2 heterocycles. The molecule has 78 valence electrons. The van der Waals surface area contributed by atoms with Crippen molar-refractivity contribution in [3.05, 3.63) is 28.9 Å². The number of fused-ring (bicyclic) bond motifs is 1. The SMILES string of the molecule is CC(C)Oc1nc2ncccc2cc1Br. The average Bonchev–Trinajstić information content (AvgIpc) is 2.18. The van der Waals surface area contributed by atoms with Gasteiger partial charge in [0.05, 0.1) is 10.6 Å². The molecule has 2 aromatic heterocycles. The van der Waals surface area contributed by atoms with Gasteiger partial charge >= 0.3 is 0 Å². The van der Waals surface area contributed by atoms with Crippen LogP contribution in [0.3, 0.4) is 0 Å². The Hall–Kier alpha value is -1.16. The quantitative estimate of drug-likeness (QED) is 0.838. The standard InChI is InChI=1S/C11H11BrN2O/c1-7(2)15-11-9(12)6-8-4-3-5-13-10(8)14-11/h3-7H,1-2H3. The Kier molecular flexibility index (Phi) is 2.86. The first-order valence-electron chi connectivity index (χ1n) is 4.75. The van der Waals surface area contributed by atoms with Gasteiger partial charge in [0.2, 0.25) is 5.88 Å². The molecule has 0 aliphatic heterocycles. The molecule has 0 amide bonds. The van der Waals surface area contributed by atoms with Gasteiger partial charge in [0.25, 0.3) is 0 Å². The van der Waals surface area contributed by atoms with Crippen molar-refractivity contribution in [2.75, 3.05) is 0 Å². The first kappa shape index (κ1) is 10.4. The summed E-state index contributed by atoms with van der Waals surface area (Å²) in [6, 6.07) is 5.83. The van der Waals surface area contributed by atoms with Crippen LogP contribution in [-0.4, -0.2) is 16.1 Å². The summed E-state index contributed by atoms with van der Waals surface area (Å²) in [4.78, 5) is 8.51. The predicted molar refractivity (Wildman–Crippen MR) is 63.0 cm³/mol. The summed E-state index contributed by atoms with van der Waals surface area (Å²) >= 11 is 3.43. The van der Waals surface area contributed by atoms with E-state index in [4.69, 9.17) is 4.74 Å². The van der Waals surface area contributed by atoms with E-state index in [0.29, 0.717) is 11.5 Å². The zero-order valence-corrected chi connectivity index (χ0v) is 10.2. The molecule has 0 saturated carbocycles. The number of ether oxygens (including phenoxy) is 1. The number of hydrogen-bond donors (Lipinski definition) is 0. The van der Waals surface area contributed by atoms with Gasteiger partial charge in [-0.15, -0.1) is 0 Å². The second kappa shape index (κ2) is 4.14. The number of pyridine rings is 2. The molecule has 0 radical (unpaired) electrons. The molecule has 0 fully saturated rings. The summed E-state index contributed by atoms with van der Waals surface area (Å²) in [5.74, 6) is 0.594. The van der Waals surface area contributed by atoms with Crippen LogP contribution >= 0.6 is 15.9 Å². The lowest BCUT2D eigenvalue weighted by Crippen LogP contribution is -2.07. The smallest absolute Gasteiger partial charge is 0.230 e. The Morgan fingerprint density at radius 1 is 1.40 bits per heavy atom. The topological polar surface area (TPSA) is 35.0 Å². The fraction of sp³-hybridized carbons (Fsp3) is 0.273. The maximum absolute atomic E-state index is 5.56. The van der Waals surface area contributed by atoms with Crippen LogP contribution < -0.4 is 4.74 Å². The van der Waals surface area contributed by atoms with Crippen LogP contribution in [0.5, 0.6) is 5.88 Å². The van der Waals surface area contributed by atoms with E-state index < -0.39 is 0 Å². The van der Waals surface area contributed by atoms with E-state index >= 15 is 0 Å². The van der Waals surface area contributed by atoms with Gasteiger partial charge in [-0.1, -0.05) is 0 Å². The highest BCUT2D eigenvalue weighted by molar-refractivity contribution is 9.10. The molecule has 2 aromatic rings. The number of nitrogens with zero attached hydrogens (tertiary/aromatic N) is 2. The fourth-order valence-corrected chi connectivity index (χ4v) is 1.70. The molecule has 0 spiro atoms. The summed E-state index contributed by atoms with van der Waals surface area (Å²) in [7, 11) is 0. The number of halogens is 1. The molecule has 0 unspecified atom stereocenters. The summed E-state index contributed by atoms with van der Waals surface area (Å²) in [5, 5.41) is 1.00. The Balaban J connectivity index is 2.52. The van der Waals surface area contributed by atoms with Crippen LogP contribution in [0, 0.1) is 0 Å². The Morgan fingerprint density at radius 3 is 2.93 bits per heavy atom. The van der Waals surface area contributed by atoms with Gasteiger partial charge in [-0.3, -0.25) is 0 Å². The molecule has 0 aliphatic rings. The van der Waals surface area contributed by atoms with Crippen molar-refractivity contribution in [1.29, 1.82) is 0 Å². The van der Waals surface area contributed by atoms with Crippen molar-refractivity contribution < 1.29 is 4.74 Å². The van der Waals surface area contributed by atoms with Gasteiger partial charge in [-0.25, -0.2) is 4.98 Å². The third-order valence-corrected chi connectivity index (χ3v) is 2.43. The largest absolute Gasteiger partial charge is 0.474 e. The Bertz CT molecular complexity index is 485. The maximum atomic E-state index is 5.56. The molecular formula is C11H11BrN2O. The van der Waals surface area contributed by atoms with Crippen molar-refractivity contribution in [2.24, 2.45) is 0 Å². The predicted octanol–water partition coefficient (Wildman–Crippen LogP) is 3.18. The molecule has 0 atom stereocenters. The lowest BCUT2D eigenvalue weighted by atomic mass is 10.3. The van der Waals surface area contributed by atoms with Crippen LogP contribution in [0.25, 0.3) is 11.0 Å². The summed E-state index contributed by atoms with van der Waals surface area (Å²) in [6.07, 6.45) is 1.83. The minimum absolute atomic E-state index is 0.106. The van der Waals surface area contributed by atoms with Crippen molar-refractivity contribution in [3.8, 4) is 5.88 Å². The molecule has 0 aromatic carbocycles. The number of aromatic nitrogens is 2. The molecular weight excluding hydrogens is 256 g/mol. The van der Waals surface area contributed by atoms with E-state index in [0.717, 1.165) is 9.86 Å². The van der Waals surface area contributed by atoms with E-state index in [9.17, 15) is 0 Å². The monoisotopic (exact) mass is 266 g/mol. The third-order valence-electron chi connectivity index (χ3n) is 1.86. The Labute approximate surface area is 96.6 Å². The highest BCUT2D eigenvalue weighted by Gasteiger charge is 2.07. The van der Waals surface area contributed by atoms with E-state index in [-0.39, 0.29) is 6.10 Å². The maximum Gasteiger partial charge on any atom is 0.230 e. The van der Waals surface area contributed by atoms with Gasteiger partial charge in [0.1, 0.15) is 0 Å². The van der Waals surface area contributed by atoms with Gasteiger partial charge < -0.3 is 4.74 Å². The van der Waals surface area contributed by atoms with Crippen molar-refractivity contribution >= 4 is 27.0 Å². The lowest BCUT2D eigenvalue weighted by molar-refractivity contribution is 0.231. The first-order valence-corrected chi connectivity index (χ1v) is 5.54. The van der Waals surface area contributed by atoms with Crippen LogP contribution in [0.2, 0.25) is 0 Å². The van der Waals surface area contributed by atoms with E-state index in [2.05, 4.69) is 25.9 Å². The van der Waals surface area contributed by atoms with Gasteiger partial charge in [0.15, 0.2) is 5.65 Å². The number of rotatable bonds is 2. The number of hydrogen-bond acceptors (Lipinski definition) is 3. The normalized spacial score (nSPS) is 10.9. The van der Waals surface area contributed by atoms with Crippen molar-refractivity contribution in [2.45, 2.75) is 20.0 Å². The molecule has 2 rings (SSSR count). The molecule has 4 heteroatoms. The van der Waals surface area contributed by atoms with Crippen molar-refractivity contribution in [3.63, 3.8) is 0 Å². The molecule has 0 bridgehead atoms. The van der Waals surface area contributed by atoms with Gasteiger partial charge in [-0.05, 0) is 48.0 Å². The molecule has 0 saturated heterocycles. The van der Waals surface area contributed by atoms with Crippen LogP contribution in [0.15, 0.2) is 28.9 Å². The lowest BCUT2D eigenvalue weighted by Gasteiger charge is -2.10. The van der Waals surface area contributed by atoms with Gasteiger partial charge in [-0.2, -0.15) is 4.98 Å². The minimum atomic E-state index is 0.106. The van der Waals surface area contributed by atoms with E-state index in [1.165, 1.54) is 0 Å². The molecule has 0 aliphatic carbocycles. The van der Waals surface area contributed by atoms with Crippen LogP contribution in [-0.2, 0) is 0 Å². The molecule has 15 heavy (non-hydrogen) atoms. The van der Waals surface area contributed by atoms with Crippen LogP contribution in [0.1, 0.15) is 13.8 Å². The summed E-state index contributed by atoms with van der Waals surface area (Å²) in [5.41, 5.74) is 0.705. The van der Waals surface area contributed by atoms with E-state index in [1.54, 1.807) is 6.20 Å². The van der Waals surface area contributed by atoms with Crippen molar-refractivity contribution in [1.82, 2.24) is 9.97 Å². The molecule has 3 nitrogen and oxygen atoms in total. The molecule has 0 N–H and O–H groups in total. The zero-order valence-electron chi connectivity index (χ0n) is 8.57. The second-order valence-electron chi connectivity index (χ2n) is 3.49. The highest BCUT2D eigenvalue weighted by Crippen LogP contribution is 2.26. The summed E-state index contributed by atoms with van der Waals surface area (Å²) in [6.45, 7) is 3.94. The first-order chi connectivity index (χ1) is 7.16. The Morgan fingerprint density at radius 2 is 2.20 bits per heavy atom. The highest BCUT2D eigenvalue weighted by atomic mass is 79.9.